The molecule has 1 aromatic carbocycles. The second-order valence-electron chi connectivity index (χ2n) is 9.11. The number of nitrogens with zero attached hydrogens (tertiary/aromatic N) is 6. The van der Waals surface area contributed by atoms with Gasteiger partial charge in [0, 0.05) is 32.7 Å². The largest absolute Gasteiger partial charge is 0.354 e. The lowest BCUT2D eigenvalue weighted by Crippen LogP contribution is -2.45. The Morgan fingerprint density at radius 1 is 1.09 bits per heavy atom. The molecule has 1 aliphatic heterocycles. The van der Waals surface area contributed by atoms with E-state index >= 15 is 0 Å². The van der Waals surface area contributed by atoms with Gasteiger partial charge >= 0.3 is 0 Å². The average molecular weight is 466 g/mol. The number of nitrogens with one attached hydrogen (secondary N) is 1. The summed E-state index contributed by atoms with van der Waals surface area (Å²) in [5.74, 6) is -0.165. The fourth-order valence-corrected chi connectivity index (χ4v) is 4.59. The quantitative estimate of drug-likeness (QED) is 0.512. The van der Waals surface area contributed by atoms with E-state index in [0.717, 1.165) is 50.5 Å². The highest BCUT2D eigenvalue weighted by molar-refractivity contribution is 5.84. The van der Waals surface area contributed by atoms with Gasteiger partial charge in [0.2, 0.25) is 5.91 Å². The summed E-state index contributed by atoms with van der Waals surface area (Å²) in [6, 6.07) is 9.06. The zero-order valence-corrected chi connectivity index (χ0v) is 20.6. The van der Waals surface area contributed by atoms with Gasteiger partial charge in [0.1, 0.15) is 11.6 Å². The van der Waals surface area contributed by atoms with Crippen molar-refractivity contribution in [2.75, 3.05) is 46.3 Å². The predicted octanol–water partition coefficient (Wildman–Crippen LogP) is 1.90. The molecule has 182 valence electrons. The zero-order chi connectivity index (χ0) is 24.2. The number of likely N-dealkylation sites (N-methyl/N-ethyl adjacent to an activating group) is 1. The van der Waals surface area contributed by atoms with Gasteiger partial charge < -0.3 is 15.1 Å². The van der Waals surface area contributed by atoms with Gasteiger partial charge in [-0.25, -0.2) is 9.36 Å². The number of hydrogen-bond donors (Lipinski definition) is 1. The number of piperazine rings is 1. The van der Waals surface area contributed by atoms with E-state index in [9.17, 15) is 9.59 Å². The lowest BCUT2D eigenvalue weighted by molar-refractivity contribution is -0.124. The number of carbonyl (C=O) groups excluding carboxylic acids is 1. The second kappa shape index (κ2) is 10.5. The maximum atomic E-state index is 13.5. The molecule has 0 saturated carbocycles. The van der Waals surface area contributed by atoms with Crippen molar-refractivity contribution < 1.29 is 4.79 Å². The molecule has 1 atom stereocenters. The Bertz CT molecular complexity index is 1190. The van der Waals surface area contributed by atoms with Gasteiger partial charge in [-0.05, 0) is 52.4 Å². The topological polar surface area (TPSA) is 88.3 Å². The number of aryl methyl sites for hydroxylation is 2. The van der Waals surface area contributed by atoms with E-state index in [1.54, 1.807) is 4.68 Å². The van der Waals surface area contributed by atoms with Crippen molar-refractivity contribution in [2.45, 2.75) is 39.7 Å². The van der Waals surface area contributed by atoms with Crippen molar-refractivity contribution in [1.82, 2.24) is 34.7 Å². The number of rotatable bonds is 8. The first kappa shape index (κ1) is 24.1. The molecule has 9 nitrogen and oxygen atoms in total. The van der Waals surface area contributed by atoms with Crippen LogP contribution >= 0.6 is 0 Å². The molecule has 1 amide bonds. The van der Waals surface area contributed by atoms with E-state index < -0.39 is 6.04 Å². The van der Waals surface area contributed by atoms with Crippen molar-refractivity contribution in [3.05, 3.63) is 52.1 Å². The molecule has 4 rings (SSSR count). The maximum absolute atomic E-state index is 13.5. The lowest BCUT2D eigenvalue weighted by atomic mass is 10.2. The Labute approximate surface area is 200 Å². The van der Waals surface area contributed by atoms with Gasteiger partial charge in [0.05, 0.1) is 22.5 Å². The van der Waals surface area contributed by atoms with Crippen molar-refractivity contribution in [2.24, 2.45) is 0 Å². The number of carbonyl (C=O) groups is 1. The zero-order valence-electron chi connectivity index (χ0n) is 20.6. The molecule has 1 fully saturated rings. The van der Waals surface area contributed by atoms with Gasteiger partial charge in [0.15, 0.2) is 0 Å². The van der Waals surface area contributed by atoms with E-state index in [1.165, 1.54) is 4.68 Å². The Balaban J connectivity index is 1.50. The molecule has 9 heteroatoms. The van der Waals surface area contributed by atoms with E-state index in [-0.39, 0.29) is 11.5 Å². The Kier molecular flexibility index (Phi) is 7.43. The summed E-state index contributed by atoms with van der Waals surface area (Å²) in [5.41, 5.74) is 2.55. The van der Waals surface area contributed by atoms with Crippen molar-refractivity contribution in [3.63, 3.8) is 0 Å². The first-order valence-corrected chi connectivity index (χ1v) is 12.1. The molecule has 0 bridgehead atoms. The van der Waals surface area contributed by atoms with E-state index in [4.69, 9.17) is 0 Å². The van der Waals surface area contributed by atoms with Crippen molar-refractivity contribution in [3.8, 4) is 5.69 Å². The third-order valence-electron chi connectivity index (χ3n) is 6.67. The van der Waals surface area contributed by atoms with Crippen LogP contribution in [0.4, 0.5) is 0 Å². The average Bonchev–Trinajstić information content (AvgIpc) is 3.20. The Morgan fingerprint density at radius 2 is 1.79 bits per heavy atom. The SMILES string of the molecule is CCC(C(=O)NCCCN1CCN(C)CC1)n1nc(C)c2nn(-c3ccccc3)c(C)c2c1=O. The summed E-state index contributed by atoms with van der Waals surface area (Å²) in [6.45, 7) is 11.5. The van der Waals surface area contributed by atoms with Crippen LogP contribution in [0.2, 0.25) is 0 Å². The standard InChI is InChI=1S/C25H35N7O2/c1-5-21(24(33)26-12-9-13-30-16-14-29(4)15-17-30)32-25(34)22-19(3)31(20-10-7-6-8-11-20)28-23(22)18(2)27-32/h6-8,10-11,21H,5,9,12-17H2,1-4H3,(H,26,33). The lowest BCUT2D eigenvalue weighted by Gasteiger charge is -2.32. The van der Waals surface area contributed by atoms with Gasteiger partial charge in [-0.3, -0.25) is 9.59 Å². The summed E-state index contributed by atoms with van der Waals surface area (Å²) in [4.78, 5) is 31.3. The maximum Gasteiger partial charge on any atom is 0.278 e. The van der Waals surface area contributed by atoms with E-state index in [2.05, 4.69) is 32.4 Å². The molecular weight excluding hydrogens is 430 g/mol. The first-order valence-electron chi connectivity index (χ1n) is 12.1. The second-order valence-corrected chi connectivity index (χ2v) is 9.11. The summed E-state index contributed by atoms with van der Waals surface area (Å²) < 4.78 is 3.11. The summed E-state index contributed by atoms with van der Waals surface area (Å²) in [6.07, 6.45) is 1.36. The van der Waals surface area contributed by atoms with E-state index in [1.807, 2.05) is 51.1 Å². The van der Waals surface area contributed by atoms with Crippen LogP contribution in [0.3, 0.4) is 0 Å². The molecule has 3 aromatic rings. The van der Waals surface area contributed by atoms with Gasteiger partial charge in [-0.15, -0.1) is 0 Å². The summed E-state index contributed by atoms with van der Waals surface area (Å²) in [5, 5.41) is 12.7. The molecule has 2 aromatic heterocycles. The predicted molar refractivity (Wildman–Crippen MR) is 133 cm³/mol. The highest BCUT2D eigenvalue weighted by Gasteiger charge is 2.25. The monoisotopic (exact) mass is 465 g/mol. The van der Waals surface area contributed by atoms with Gasteiger partial charge in [0.25, 0.3) is 5.56 Å². The fraction of sp³-hybridized carbons (Fsp3) is 0.520. The van der Waals surface area contributed by atoms with Gasteiger partial charge in [-0.1, -0.05) is 25.1 Å². The summed E-state index contributed by atoms with van der Waals surface area (Å²) in [7, 11) is 2.14. The minimum absolute atomic E-state index is 0.165. The summed E-state index contributed by atoms with van der Waals surface area (Å²) >= 11 is 0. The minimum Gasteiger partial charge on any atom is -0.354 e. The first-order chi connectivity index (χ1) is 16.4. The van der Waals surface area contributed by atoms with Crippen LogP contribution in [0.25, 0.3) is 16.6 Å². The van der Waals surface area contributed by atoms with Crippen LogP contribution < -0.4 is 10.9 Å². The normalized spacial score (nSPS) is 16.1. The van der Waals surface area contributed by atoms with Crippen LogP contribution in [0.5, 0.6) is 0 Å². The highest BCUT2D eigenvalue weighted by Crippen LogP contribution is 2.21. The van der Waals surface area contributed by atoms with Crippen LogP contribution in [-0.4, -0.2) is 81.6 Å². The molecule has 0 aliphatic carbocycles. The van der Waals surface area contributed by atoms with Crippen molar-refractivity contribution in [1.29, 1.82) is 0 Å². The molecule has 0 radical (unpaired) electrons. The number of para-hydroxylation sites is 1. The molecule has 34 heavy (non-hydrogen) atoms. The molecule has 0 spiro atoms. The molecule has 1 N–H and O–H groups in total. The van der Waals surface area contributed by atoms with E-state index in [0.29, 0.717) is 29.6 Å². The Morgan fingerprint density at radius 3 is 2.47 bits per heavy atom. The fourth-order valence-electron chi connectivity index (χ4n) is 4.59. The number of aromatic nitrogens is 4. The van der Waals surface area contributed by atoms with Gasteiger partial charge in [-0.2, -0.15) is 10.2 Å². The molecule has 3 heterocycles. The Hall–Kier alpha value is -3.04. The molecule has 1 unspecified atom stereocenters. The third-order valence-corrected chi connectivity index (χ3v) is 6.67. The van der Waals surface area contributed by atoms with Crippen LogP contribution in [0.1, 0.15) is 37.2 Å². The third kappa shape index (κ3) is 4.90. The molecular formula is C25H35N7O2. The van der Waals surface area contributed by atoms with Crippen LogP contribution in [0, 0.1) is 13.8 Å². The molecule has 1 saturated heterocycles. The number of fused-ring (bicyclic) bond motifs is 1. The van der Waals surface area contributed by atoms with Crippen LogP contribution in [-0.2, 0) is 4.79 Å². The smallest absolute Gasteiger partial charge is 0.278 e. The molecule has 1 aliphatic rings. The van der Waals surface area contributed by atoms with Crippen LogP contribution in [0.15, 0.2) is 35.1 Å². The highest BCUT2D eigenvalue weighted by atomic mass is 16.2. The number of amides is 1. The minimum atomic E-state index is -0.654. The van der Waals surface area contributed by atoms with Crippen molar-refractivity contribution >= 4 is 16.8 Å². The number of benzene rings is 1. The number of hydrogen-bond acceptors (Lipinski definition) is 6.